The van der Waals surface area contributed by atoms with E-state index in [1.165, 1.54) is 4.57 Å². The third kappa shape index (κ3) is 4.61. The summed E-state index contributed by atoms with van der Waals surface area (Å²) in [4.78, 5) is 55.2. The van der Waals surface area contributed by atoms with E-state index in [4.69, 9.17) is 19.5 Å². The number of fused-ring (bicyclic) bond motifs is 2. The summed E-state index contributed by atoms with van der Waals surface area (Å²) in [6.45, 7) is 0.815. The minimum atomic E-state index is -4.39. The van der Waals surface area contributed by atoms with E-state index in [1.54, 1.807) is 0 Å². The Labute approximate surface area is 188 Å². The summed E-state index contributed by atoms with van der Waals surface area (Å²) in [5.74, 6) is -2.32. The molecule has 2 saturated heterocycles. The van der Waals surface area contributed by atoms with Gasteiger partial charge < -0.3 is 30.9 Å². The van der Waals surface area contributed by atoms with Gasteiger partial charge in [0.1, 0.15) is 24.4 Å². The van der Waals surface area contributed by atoms with E-state index in [1.807, 2.05) is 0 Å². The van der Waals surface area contributed by atoms with Gasteiger partial charge in [0.25, 0.3) is 5.56 Å². The van der Waals surface area contributed by atoms with E-state index >= 15 is 0 Å². The Morgan fingerprint density at radius 3 is 2.85 bits per heavy atom. The Morgan fingerprint density at radius 2 is 2.18 bits per heavy atom. The fourth-order valence-electron chi connectivity index (χ4n) is 3.44. The largest absolute Gasteiger partial charge is 0.480 e. The molecule has 4 rings (SSSR count). The molecule has 18 heteroatoms. The number of nitrogens with one attached hydrogen (secondary N) is 2. The van der Waals surface area contributed by atoms with Crippen LogP contribution in [0.5, 0.6) is 0 Å². The maximum Gasteiger partial charge on any atom is 0.472 e. The second kappa shape index (κ2) is 8.68. The van der Waals surface area contributed by atoms with Crippen molar-refractivity contribution in [1.82, 2.24) is 24.8 Å². The third-order valence-corrected chi connectivity index (χ3v) is 6.84. The van der Waals surface area contributed by atoms with Gasteiger partial charge in [-0.2, -0.15) is 4.98 Å². The van der Waals surface area contributed by atoms with Crippen LogP contribution in [0.25, 0.3) is 11.2 Å². The van der Waals surface area contributed by atoms with Crippen LogP contribution >= 0.6 is 19.6 Å². The normalized spacial score (nSPS) is 30.2. The van der Waals surface area contributed by atoms with Gasteiger partial charge in [0.05, 0.1) is 6.61 Å². The van der Waals surface area contributed by atoms with Crippen molar-refractivity contribution in [3.05, 3.63) is 10.4 Å². The molecule has 0 aromatic carbocycles. The molecule has 33 heavy (non-hydrogen) atoms. The number of aromatic nitrogens is 4. The number of thioether (sulfide) groups is 1. The van der Waals surface area contributed by atoms with Crippen molar-refractivity contribution in [3.63, 3.8) is 0 Å². The Bertz CT molecular complexity index is 1220. The van der Waals surface area contributed by atoms with E-state index in [0.29, 0.717) is 0 Å². The maximum atomic E-state index is 12.4. The van der Waals surface area contributed by atoms with Crippen LogP contribution in [0.15, 0.2) is 9.95 Å². The summed E-state index contributed by atoms with van der Waals surface area (Å²) < 4.78 is 28.4. The second-order valence-electron chi connectivity index (χ2n) is 7.18. The summed E-state index contributed by atoms with van der Waals surface area (Å²) in [6, 6.07) is -1.29. The molecular weight excluding hydrogens is 487 g/mol. The summed E-state index contributed by atoms with van der Waals surface area (Å²) in [7, 11) is -4.39. The van der Waals surface area contributed by atoms with E-state index in [0.717, 1.165) is 18.7 Å². The molecule has 2 fully saturated rings. The number of hydrogen-bond acceptors (Lipinski definition) is 12. The number of carbonyl (C=O) groups excluding carboxylic acids is 1. The number of H-pyrrole nitrogens is 1. The molecule has 1 amide bonds. The van der Waals surface area contributed by atoms with Crippen LogP contribution in [0.3, 0.4) is 0 Å². The number of ether oxygens (including phenoxy) is 1. The molecule has 0 aliphatic carbocycles. The number of carboxylic acids is 1. The molecule has 16 nitrogen and oxygen atoms in total. The number of aromatic amines is 1. The fourth-order valence-corrected chi connectivity index (χ4v) is 5.43. The number of nitrogens with two attached hydrogens (primary N) is 1. The van der Waals surface area contributed by atoms with Crippen LogP contribution in [0, 0.1) is 0 Å². The van der Waals surface area contributed by atoms with Crippen LogP contribution < -0.4 is 16.6 Å². The Hall–Kier alpha value is -2.53. The van der Waals surface area contributed by atoms with Gasteiger partial charge in [-0.3, -0.25) is 28.2 Å². The summed E-state index contributed by atoms with van der Waals surface area (Å²) >= 11 is 0.843. The number of phosphoric ester groups is 1. The zero-order chi connectivity index (χ0) is 24.1. The summed E-state index contributed by atoms with van der Waals surface area (Å²) in [5, 5.41) is 22.4. The van der Waals surface area contributed by atoms with E-state index in [2.05, 4.69) is 20.3 Å². The molecule has 2 aromatic rings. The number of phosphoric acid groups is 1. The van der Waals surface area contributed by atoms with Crippen molar-refractivity contribution >= 4 is 48.6 Å². The predicted molar refractivity (Wildman–Crippen MR) is 109 cm³/mol. The lowest BCUT2D eigenvalue weighted by atomic mass is 10.1. The van der Waals surface area contributed by atoms with E-state index in [-0.39, 0.29) is 34.6 Å². The number of amides is 1. The Morgan fingerprint density at radius 1 is 1.45 bits per heavy atom. The highest BCUT2D eigenvalue weighted by Crippen LogP contribution is 2.52. The number of hydrogen-bond donors (Lipinski definition) is 6. The van der Waals surface area contributed by atoms with Crippen molar-refractivity contribution in [2.24, 2.45) is 0 Å². The first kappa shape index (κ1) is 23.6. The fraction of sp³-hybridized carbons (Fsp3) is 0.533. The van der Waals surface area contributed by atoms with Gasteiger partial charge in [-0.05, 0) is 0 Å². The minimum absolute atomic E-state index is 0.0148. The van der Waals surface area contributed by atoms with Gasteiger partial charge >= 0.3 is 13.8 Å². The van der Waals surface area contributed by atoms with Crippen molar-refractivity contribution in [2.75, 3.05) is 18.1 Å². The zero-order valence-electron chi connectivity index (χ0n) is 16.8. The van der Waals surface area contributed by atoms with Crippen molar-refractivity contribution in [1.29, 1.82) is 0 Å². The highest BCUT2D eigenvalue weighted by Gasteiger charge is 2.53. The molecule has 5 unspecified atom stereocenters. The van der Waals surface area contributed by atoms with Crippen LogP contribution in [0.4, 0.5) is 5.95 Å². The van der Waals surface area contributed by atoms with E-state index in [9.17, 15) is 34.1 Å². The first-order valence-electron chi connectivity index (χ1n) is 9.36. The molecule has 6 atom stereocenters. The molecule has 2 aromatic heterocycles. The topological polar surface area (TPSA) is 241 Å². The smallest absolute Gasteiger partial charge is 0.472 e. The summed E-state index contributed by atoms with van der Waals surface area (Å²) in [6.07, 6.45) is -4.98. The number of aliphatic hydroxyl groups excluding tert-OH is 1. The van der Waals surface area contributed by atoms with Gasteiger partial charge in [-0.15, -0.1) is 0 Å². The average Bonchev–Trinajstić information content (AvgIpc) is 3.21. The molecular formula is C15H19N6O10PS. The number of nitrogen functional groups attached to an aromatic ring is 1. The number of anilines is 1. The van der Waals surface area contributed by atoms with Crippen molar-refractivity contribution in [2.45, 2.75) is 42.7 Å². The Balaban J connectivity index is 1.73. The van der Waals surface area contributed by atoms with Crippen molar-refractivity contribution in [3.8, 4) is 0 Å². The van der Waals surface area contributed by atoms with Gasteiger partial charge in [0.15, 0.2) is 22.5 Å². The molecule has 180 valence electrons. The molecule has 4 heterocycles. The molecule has 0 saturated carbocycles. The van der Waals surface area contributed by atoms with Gasteiger partial charge in [0.2, 0.25) is 11.9 Å². The first-order valence-corrected chi connectivity index (χ1v) is 11.8. The third-order valence-electron chi connectivity index (χ3n) is 4.81. The molecule has 7 N–H and O–H groups in total. The molecule has 0 bridgehead atoms. The van der Waals surface area contributed by atoms with Crippen LogP contribution in [-0.4, -0.2) is 83.2 Å². The van der Waals surface area contributed by atoms with Crippen molar-refractivity contribution < 1.29 is 43.0 Å². The monoisotopic (exact) mass is 506 g/mol. The molecule has 0 spiro atoms. The minimum Gasteiger partial charge on any atom is -0.480 e. The Kier molecular flexibility index (Phi) is 6.21. The SMILES string of the molecule is CC(=O)N[C@@H](CSc1nc2c(=O)[nH]c(N)nc2n1C1OC2COP(=O)(O)OC2C1O)C(=O)O. The predicted octanol–water partition coefficient (Wildman–Crippen LogP) is -1.84. The van der Waals surface area contributed by atoms with Gasteiger partial charge in [-0.1, -0.05) is 11.8 Å². The van der Waals surface area contributed by atoms with Crippen LogP contribution in [-0.2, 0) is 27.9 Å². The summed E-state index contributed by atoms with van der Waals surface area (Å²) in [5.41, 5.74) is 4.70. The number of imidazole rings is 1. The standard InChI is InChI=1S/C15H19N6O10PS/c1-4(22)17-5(13(25)26)3-33-15-18-7-10(19-14(16)20-11(7)24)21(15)12-8(23)9-6(30-12)2-29-32(27,28)31-9/h5-6,8-9,12,23H,2-3H2,1H3,(H,17,22)(H,25,26)(H,27,28)(H3,16,19,20,24)/t5-,6?,8?,9?,12?/m0/s1. The zero-order valence-corrected chi connectivity index (χ0v) is 18.5. The van der Waals surface area contributed by atoms with Crippen LogP contribution in [0.2, 0.25) is 0 Å². The maximum absolute atomic E-state index is 12.4. The first-order chi connectivity index (χ1) is 15.5. The molecule has 2 aliphatic rings. The lowest BCUT2D eigenvalue weighted by Crippen LogP contribution is -2.41. The molecule has 2 aliphatic heterocycles. The van der Waals surface area contributed by atoms with Crippen LogP contribution in [0.1, 0.15) is 13.2 Å². The van der Waals surface area contributed by atoms with Gasteiger partial charge in [0, 0.05) is 12.7 Å². The van der Waals surface area contributed by atoms with Gasteiger partial charge in [-0.25, -0.2) is 14.3 Å². The number of aliphatic carboxylic acids is 1. The quantitative estimate of drug-likeness (QED) is 0.186. The molecule has 0 radical (unpaired) electrons. The second-order valence-corrected chi connectivity index (χ2v) is 9.57. The number of aliphatic hydroxyl groups is 1. The highest BCUT2D eigenvalue weighted by molar-refractivity contribution is 7.99. The lowest BCUT2D eigenvalue weighted by Gasteiger charge is -2.27. The lowest BCUT2D eigenvalue weighted by molar-refractivity contribution is -0.140. The number of carbonyl (C=O) groups is 2. The number of nitrogens with zero attached hydrogens (tertiary/aromatic N) is 3. The highest BCUT2D eigenvalue weighted by atomic mass is 32.2. The number of carboxylic acid groups (broad SMARTS) is 1. The number of rotatable bonds is 6. The average molecular weight is 506 g/mol. The van der Waals surface area contributed by atoms with E-state index < -0.39 is 55.8 Å².